The Morgan fingerprint density at radius 3 is 2.67 bits per heavy atom. The zero-order valence-corrected chi connectivity index (χ0v) is 17.8. The number of ether oxygens (including phenoxy) is 1. The number of anilines is 1. The van der Waals surface area contributed by atoms with Crippen LogP contribution in [-0.4, -0.2) is 80.2 Å². The van der Waals surface area contributed by atoms with Gasteiger partial charge in [0.25, 0.3) is 0 Å². The second-order valence-corrected chi connectivity index (χ2v) is 6.93. The van der Waals surface area contributed by atoms with Gasteiger partial charge in [-0.3, -0.25) is 9.79 Å². The first-order valence-corrected chi connectivity index (χ1v) is 9.92. The number of guanidine groups is 1. The molecule has 2 rings (SSSR count). The Kier molecular flexibility index (Phi) is 8.56. The first kappa shape index (κ1) is 21.2. The molecule has 1 fully saturated rings. The maximum absolute atomic E-state index is 11.7. The second-order valence-electron chi connectivity index (χ2n) is 6.08. The van der Waals surface area contributed by atoms with Crippen molar-refractivity contribution in [2.45, 2.75) is 19.8 Å². The molecule has 9 nitrogen and oxygen atoms in total. The number of hydrogen-bond acceptors (Lipinski definition) is 6. The molecule has 150 valence electrons. The summed E-state index contributed by atoms with van der Waals surface area (Å²) in [6.45, 7) is 6.47. The molecule has 0 atom stereocenters. The maximum Gasteiger partial charge on any atom is 0.232 e. The lowest BCUT2D eigenvalue weighted by atomic mass is 10.3. The van der Waals surface area contributed by atoms with Crippen LogP contribution < -0.4 is 20.3 Å². The van der Waals surface area contributed by atoms with Gasteiger partial charge in [-0.25, -0.2) is 4.98 Å². The maximum atomic E-state index is 11.7. The van der Waals surface area contributed by atoms with Gasteiger partial charge in [0.2, 0.25) is 17.7 Å². The summed E-state index contributed by atoms with van der Waals surface area (Å²) in [5.41, 5.74) is 0. The van der Waals surface area contributed by atoms with E-state index in [0.717, 1.165) is 49.6 Å². The SMILES string of the molecule is CCCNC(=O)CCNC(=NC)N1CCN(c2ncc(Br)c(OC)n2)CC1. The van der Waals surface area contributed by atoms with Gasteiger partial charge in [-0.2, -0.15) is 4.98 Å². The lowest BCUT2D eigenvalue weighted by molar-refractivity contribution is -0.120. The number of amides is 1. The van der Waals surface area contributed by atoms with Crippen molar-refractivity contribution in [1.29, 1.82) is 0 Å². The highest BCUT2D eigenvalue weighted by Crippen LogP contribution is 2.23. The van der Waals surface area contributed by atoms with E-state index in [1.807, 2.05) is 6.92 Å². The number of nitrogens with zero attached hydrogens (tertiary/aromatic N) is 5. The molecule has 0 aliphatic carbocycles. The minimum atomic E-state index is 0.0611. The Bertz CT molecular complexity index is 648. The van der Waals surface area contributed by atoms with Gasteiger partial charge in [0, 0.05) is 52.7 Å². The molecular weight excluding hydrogens is 414 g/mol. The van der Waals surface area contributed by atoms with Gasteiger partial charge in [-0.05, 0) is 22.4 Å². The van der Waals surface area contributed by atoms with Crippen molar-refractivity contribution >= 4 is 33.7 Å². The molecule has 1 amide bonds. The first-order valence-electron chi connectivity index (χ1n) is 9.12. The van der Waals surface area contributed by atoms with Crippen LogP contribution in [0.5, 0.6) is 5.88 Å². The largest absolute Gasteiger partial charge is 0.480 e. The number of carbonyl (C=O) groups excluding carboxylic acids is 1. The number of halogens is 1. The Morgan fingerprint density at radius 2 is 2.04 bits per heavy atom. The summed E-state index contributed by atoms with van der Waals surface area (Å²) in [6.07, 6.45) is 3.09. The predicted octanol–water partition coefficient (Wildman–Crippen LogP) is 0.861. The van der Waals surface area contributed by atoms with Gasteiger partial charge in [0.15, 0.2) is 5.96 Å². The average Bonchev–Trinajstić information content (AvgIpc) is 2.70. The number of methoxy groups -OCH3 is 1. The smallest absolute Gasteiger partial charge is 0.232 e. The van der Waals surface area contributed by atoms with Gasteiger partial charge in [-0.15, -0.1) is 0 Å². The summed E-state index contributed by atoms with van der Waals surface area (Å²) in [7, 11) is 3.35. The van der Waals surface area contributed by atoms with Crippen LogP contribution in [0.2, 0.25) is 0 Å². The molecular formula is C17H28BrN7O2. The van der Waals surface area contributed by atoms with E-state index in [1.165, 1.54) is 0 Å². The number of aromatic nitrogens is 2. The quantitative estimate of drug-likeness (QED) is 0.478. The number of piperazine rings is 1. The van der Waals surface area contributed by atoms with Crippen LogP contribution in [0.4, 0.5) is 5.95 Å². The summed E-state index contributed by atoms with van der Waals surface area (Å²) in [5, 5.41) is 6.14. The number of aliphatic imine (C=N–C) groups is 1. The Hall–Kier alpha value is -2.10. The number of hydrogen-bond donors (Lipinski definition) is 2. The molecule has 1 aliphatic heterocycles. The van der Waals surface area contributed by atoms with Gasteiger partial charge in [0.1, 0.15) is 0 Å². The van der Waals surface area contributed by atoms with Crippen molar-refractivity contribution in [3.63, 3.8) is 0 Å². The van der Waals surface area contributed by atoms with Crippen LogP contribution in [0.1, 0.15) is 19.8 Å². The van der Waals surface area contributed by atoms with E-state index in [1.54, 1.807) is 20.4 Å². The number of carbonyl (C=O) groups is 1. The normalized spacial score (nSPS) is 14.9. The van der Waals surface area contributed by atoms with Crippen molar-refractivity contribution in [2.75, 3.05) is 58.3 Å². The van der Waals surface area contributed by atoms with Crippen LogP contribution >= 0.6 is 15.9 Å². The van der Waals surface area contributed by atoms with Gasteiger partial charge in [0.05, 0.1) is 17.8 Å². The molecule has 0 bridgehead atoms. The van der Waals surface area contributed by atoms with Crippen molar-refractivity contribution in [3.05, 3.63) is 10.7 Å². The highest BCUT2D eigenvalue weighted by Gasteiger charge is 2.22. The fourth-order valence-corrected chi connectivity index (χ4v) is 3.08. The highest BCUT2D eigenvalue weighted by molar-refractivity contribution is 9.10. The summed E-state index contributed by atoms with van der Waals surface area (Å²) < 4.78 is 5.98. The third-order valence-corrected chi connectivity index (χ3v) is 4.72. The van der Waals surface area contributed by atoms with E-state index in [-0.39, 0.29) is 5.91 Å². The van der Waals surface area contributed by atoms with E-state index in [0.29, 0.717) is 24.8 Å². The summed E-state index contributed by atoms with van der Waals surface area (Å²) in [6, 6.07) is 0. The number of nitrogens with one attached hydrogen (secondary N) is 2. The molecule has 0 spiro atoms. The van der Waals surface area contributed by atoms with E-state index < -0.39 is 0 Å². The third-order valence-electron chi connectivity index (χ3n) is 4.17. The average molecular weight is 442 g/mol. The van der Waals surface area contributed by atoms with Crippen molar-refractivity contribution < 1.29 is 9.53 Å². The molecule has 0 saturated carbocycles. The van der Waals surface area contributed by atoms with Crippen LogP contribution in [0.25, 0.3) is 0 Å². The summed E-state index contributed by atoms with van der Waals surface area (Å²) in [5.74, 6) is 2.06. The molecule has 27 heavy (non-hydrogen) atoms. The second kappa shape index (κ2) is 10.9. The number of rotatable bonds is 7. The summed E-state index contributed by atoms with van der Waals surface area (Å²) >= 11 is 3.37. The lowest BCUT2D eigenvalue weighted by Crippen LogP contribution is -2.53. The van der Waals surface area contributed by atoms with Crippen LogP contribution in [0, 0.1) is 0 Å². The molecule has 1 aliphatic rings. The van der Waals surface area contributed by atoms with Gasteiger partial charge < -0.3 is 25.2 Å². The zero-order chi connectivity index (χ0) is 19.6. The molecule has 0 aromatic carbocycles. The molecule has 1 aromatic heterocycles. The lowest BCUT2D eigenvalue weighted by Gasteiger charge is -2.36. The Labute approximate surface area is 168 Å². The topological polar surface area (TPSA) is 95.0 Å². The molecule has 10 heteroatoms. The molecule has 2 heterocycles. The molecule has 1 aromatic rings. The van der Waals surface area contributed by atoms with Crippen molar-refractivity contribution in [2.24, 2.45) is 4.99 Å². The van der Waals surface area contributed by atoms with E-state index >= 15 is 0 Å². The molecule has 2 N–H and O–H groups in total. The first-order chi connectivity index (χ1) is 13.1. The fraction of sp³-hybridized carbons (Fsp3) is 0.647. The standard InChI is InChI=1S/C17H28BrN7O2/c1-4-6-20-14(26)5-7-21-16(19-2)24-8-10-25(11-9-24)17-22-12-13(18)15(23-17)27-3/h12H,4-11H2,1-3H3,(H,19,21)(H,20,26). The molecule has 0 radical (unpaired) electrons. The molecule has 1 saturated heterocycles. The van der Waals surface area contributed by atoms with E-state index in [9.17, 15) is 4.79 Å². The van der Waals surface area contributed by atoms with Crippen LogP contribution in [-0.2, 0) is 4.79 Å². The predicted molar refractivity (Wildman–Crippen MR) is 109 cm³/mol. The van der Waals surface area contributed by atoms with Gasteiger partial charge >= 0.3 is 0 Å². The van der Waals surface area contributed by atoms with E-state index in [4.69, 9.17) is 4.74 Å². The van der Waals surface area contributed by atoms with E-state index in [2.05, 4.69) is 51.3 Å². The zero-order valence-electron chi connectivity index (χ0n) is 16.2. The Balaban J connectivity index is 1.82. The minimum absolute atomic E-state index is 0.0611. The monoisotopic (exact) mass is 441 g/mol. The Morgan fingerprint density at radius 1 is 1.30 bits per heavy atom. The van der Waals surface area contributed by atoms with Gasteiger partial charge in [-0.1, -0.05) is 6.92 Å². The van der Waals surface area contributed by atoms with Crippen LogP contribution in [0.15, 0.2) is 15.7 Å². The van der Waals surface area contributed by atoms with Crippen molar-refractivity contribution in [3.8, 4) is 5.88 Å². The fourth-order valence-electron chi connectivity index (χ4n) is 2.73. The molecule has 0 unspecified atom stereocenters. The summed E-state index contributed by atoms with van der Waals surface area (Å²) in [4.78, 5) is 29.1. The third kappa shape index (κ3) is 6.23. The van der Waals surface area contributed by atoms with Crippen LogP contribution in [0.3, 0.4) is 0 Å². The minimum Gasteiger partial charge on any atom is -0.480 e. The van der Waals surface area contributed by atoms with Crippen molar-refractivity contribution in [1.82, 2.24) is 25.5 Å². The highest BCUT2D eigenvalue weighted by atomic mass is 79.9.